The Labute approximate surface area is 83.2 Å². The van der Waals surface area contributed by atoms with Gasteiger partial charge in [0.1, 0.15) is 0 Å². The first-order chi connectivity index (χ1) is 6.09. The monoisotopic (exact) mass is 201 g/mol. The lowest BCUT2D eigenvalue weighted by molar-refractivity contribution is -0.123. The van der Waals surface area contributed by atoms with Crippen LogP contribution in [0, 0.1) is 5.92 Å². The molecule has 1 aliphatic heterocycles. The fourth-order valence-electron chi connectivity index (χ4n) is 1.65. The Balaban J connectivity index is 2.41. The number of thiocarbonyl (C=S) groups is 1. The molecule has 1 rings (SSSR count). The van der Waals surface area contributed by atoms with Gasteiger partial charge in [-0.25, -0.2) is 0 Å². The highest BCUT2D eigenvalue weighted by Crippen LogP contribution is 2.15. The number of likely N-dealkylation sites (tertiary alicyclic amines) is 1. The van der Waals surface area contributed by atoms with E-state index in [-0.39, 0.29) is 11.8 Å². The molecule has 1 amide bonds. The summed E-state index contributed by atoms with van der Waals surface area (Å²) in [5.41, 5.74) is 10.6. The second kappa shape index (κ2) is 4.53. The van der Waals surface area contributed by atoms with Crippen LogP contribution in [-0.4, -0.2) is 35.4 Å². The summed E-state index contributed by atoms with van der Waals surface area (Å²) in [5, 5.41) is 0. The van der Waals surface area contributed by atoms with Crippen LogP contribution in [0.1, 0.15) is 12.8 Å². The highest BCUT2D eigenvalue weighted by atomic mass is 32.1. The van der Waals surface area contributed by atoms with Gasteiger partial charge in [-0.1, -0.05) is 12.2 Å². The fraction of sp³-hybridized carbons (Fsp3) is 0.750. The SMILES string of the molecule is NC(=O)C1CCCN(CC(N)=S)C1. The van der Waals surface area contributed by atoms with E-state index >= 15 is 0 Å². The molecule has 1 saturated heterocycles. The maximum Gasteiger partial charge on any atom is 0.221 e. The molecule has 1 unspecified atom stereocenters. The molecule has 0 aromatic heterocycles. The van der Waals surface area contributed by atoms with Crippen molar-refractivity contribution >= 4 is 23.1 Å². The molecule has 4 nitrogen and oxygen atoms in total. The normalized spacial score (nSPS) is 24.2. The number of primary amides is 1. The summed E-state index contributed by atoms with van der Waals surface area (Å²) in [6, 6.07) is 0. The van der Waals surface area contributed by atoms with Crippen LogP contribution >= 0.6 is 12.2 Å². The second-order valence-electron chi connectivity index (χ2n) is 3.44. The van der Waals surface area contributed by atoms with E-state index < -0.39 is 0 Å². The zero-order valence-electron chi connectivity index (χ0n) is 7.53. The largest absolute Gasteiger partial charge is 0.392 e. The third kappa shape index (κ3) is 3.28. The average Bonchev–Trinajstić information content (AvgIpc) is 2.03. The molecule has 4 N–H and O–H groups in total. The first-order valence-corrected chi connectivity index (χ1v) is 4.80. The number of piperidine rings is 1. The Morgan fingerprint density at radius 3 is 2.77 bits per heavy atom. The fourth-order valence-corrected chi connectivity index (χ4v) is 1.83. The van der Waals surface area contributed by atoms with Crippen LogP contribution in [0.5, 0.6) is 0 Å². The predicted molar refractivity (Wildman–Crippen MR) is 55.1 cm³/mol. The van der Waals surface area contributed by atoms with Crippen LogP contribution in [0.25, 0.3) is 0 Å². The highest BCUT2D eigenvalue weighted by Gasteiger charge is 2.23. The minimum absolute atomic E-state index is 0.0249. The van der Waals surface area contributed by atoms with Gasteiger partial charge in [-0.15, -0.1) is 0 Å². The van der Waals surface area contributed by atoms with E-state index in [1.54, 1.807) is 0 Å². The summed E-state index contributed by atoms with van der Waals surface area (Å²) in [6.07, 6.45) is 1.89. The minimum atomic E-state index is -0.215. The molecule has 1 heterocycles. The maximum absolute atomic E-state index is 10.9. The van der Waals surface area contributed by atoms with E-state index in [9.17, 15) is 4.79 Å². The summed E-state index contributed by atoms with van der Waals surface area (Å²) in [4.78, 5) is 13.5. The number of carbonyl (C=O) groups excluding carboxylic acids is 1. The summed E-state index contributed by atoms with van der Waals surface area (Å²) in [7, 11) is 0. The zero-order chi connectivity index (χ0) is 9.84. The van der Waals surface area contributed by atoms with Crippen molar-refractivity contribution < 1.29 is 4.79 Å². The van der Waals surface area contributed by atoms with Crippen molar-refractivity contribution in [3.8, 4) is 0 Å². The number of hydrogen-bond donors (Lipinski definition) is 2. The van der Waals surface area contributed by atoms with Gasteiger partial charge in [-0.05, 0) is 19.4 Å². The van der Waals surface area contributed by atoms with Crippen LogP contribution < -0.4 is 11.5 Å². The third-order valence-corrected chi connectivity index (χ3v) is 2.42. The van der Waals surface area contributed by atoms with Crippen molar-refractivity contribution in [2.75, 3.05) is 19.6 Å². The quantitative estimate of drug-likeness (QED) is 0.602. The van der Waals surface area contributed by atoms with Crippen LogP contribution in [0.15, 0.2) is 0 Å². The van der Waals surface area contributed by atoms with Gasteiger partial charge in [0.2, 0.25) is 5.91 Å². The molecule has 0 aliphatic carbocycles. The summed E-state index contributed by atoms with van der Waals surface area (Å²) < 4.78 is 0. The van der Waals surface area contributed by atoms with E-state index in [2.05, 4.69) is 4.90 Å². The van der Waals surface area contributed by atoms with Gasteiger partial charge in [-0.3, -0.25) is 9.69 Å². The van der Waals surface area contributed by atoms with Gasteiger partial charge >= 0.3 is 0 Å². The molecule has 5 heteroatoms. The molecule has 0 bridgehead atoms. The van der Waals surface area contributed by atoms with Gasteiger partial charge in [0.25, 0.3) is 0 Å². The molecule has 0 aromatic rings. The molecule has 0 aromatic carbocycles. The molecular formula is C8H15N3OS. The van der Waals surface area contributed by atoms with Gasteiger partial charge in [0.15, 0.2) is 0 Å². The summed E-state index contributed by atoms with van der Waals surface area (Å²) >= 11 is 4.80. The molecule has 74 valence electrons. The zero-order valence-corrected chi connectivity index (χ0v) is 8.35. The van der Waals surface area contributed by atoms with Crippen LogP contribution in [-0.2, 0) is 4.79 Å². The Bertz CT molecular complexity index is 219. The molecule has 0 saturated carbocycles. The molecule has 1 atom stereocenters. The number of nitrogens with zero attached hydrogens (tertiary/aromatic N) is 1. The molecule has 13 heavy (non-hydrogen) atoms. The number of hydrogen-bond acceptors (Lipinski definition) is 3. The van der Waals surface area contributed by atoms with Gasteiger partial charge in [0.05, 0.1) is 10.9 Å². The molecular weight excluding hydrogens is 186 g/mol. The Kier molecular flexibility index (Phi) is 3.62. The van der Waals surface area contributed by atoms with Gasteiger partial charge < -0.3 is 11.5 Å². The lowest BCUT2D eigenvalue weighted by Gasteiger charge is -2.30. The maximum atomic E-state index is 10.9. The number of nitrogens with two attached hydrogens (primary N) is 2. The predicted octanol–water partition coefficient (Wildman–Crippen LogP) is -0.530. The average molecular weight is 201 g/mol. The summed E-state index contributed by atoms with van der Waals surface area (Å²) in [5.74, 6) is -0.240. The highest BCUT2D eigenvalue weighted by molar-refractivity contribution is 7.80. The second-order valence-corrected chi connectivity index (χ2v) is 3.97. The Hall–Kier alpha value is -0.680. The third-order valence-electron chi connectivity index (χ3n) is 2.29. The van der Waals surface area contributed by atoms with Gasteiger partial charge in [0, 0.05) is 13.1 Å². The van der Waals surface area contributed by atoms with Crippen molar-refractivity contribution in [3.05, 3.63) is 0 Å². The molecule has 0 radical (unpaired) electrons. The Morgan fingerprint density at radius 1 is 1.54 bits per heavy atom. The van der Waals surface area contributed by atoms with Crippen molar-refractivity contribution in [1.29, 1.82) is 0 Å². The van der Waals surface area contributed by atoms with Crippen LogP contribution in [0.4, 0.5) is 0 Å². The summed E-state index contributed by atoms with van der Waals surface area (Å²) in [6.45, 7) is 2.26. The standard InChI is InChI=1S/C8H15N3OS/c9-7(13)5-11-3-1-2-6(4-11)8(10)12/h6H,1-5H2,(H2,9,13)(H2,10,12). The minimum Gasteiger partial charge on any atom is -0.392 e. The van der Waals surface area contributed by atoms with Crippen molar-refractivity contribution in [2.45, 2.75) is 12.8 Å². The number of amides is 1. The van der Waals surface area contributed by atoms with Crippen LogP contribution in [0.2, 0.25) is 0 Å². The van der Waals surface area contributed by atoms with Crippen molar-refractivity contribution in [1.82, 2.24) is 4.90 Å². The van der Waals surface area contributed by atoms with E-state index in [4.69, 9.17) is 23.7 Å². The van der Waals surface area contributed by atoms with E-state index in [1.807, 2.05) is 0 Å². The number of carbonyl (C=O) groups is 1. The topological polar surface area (TPSA) is 72.4 Å². The van der Waals surface area contributed by atoms with E-state index in [0.717, 1.165) is 19.4 Å². The first-order valence-electron chi connectivity index (χ1n) is 4.39. The van der Waals surface area contributed by atoms with Crippen molar-refractivity contribution in [2.24, 2.45) is 17.4 Å². The molecule has 1 fully saturated rings. The molecule has 1 aliphatic rings. The first kappa shape index (κ1) is 10.4. The lowest BCUT2D eigenvalue weighted by Crippen LogP contribution is -2.44. The smallest absolute Gasteiger partial charge is 0.221 e. The number of rotatable bonds is 3. The van der Waals surface area contributed by atoms with Gasteiger partial charge in [-0.2, -0.15) is 0 Å². The molecule has 0 spiro atoms. The Morgan fingerprint density at radius 2 is 2.23 bits per heavy atom. The van der Waals surface area contributed by atoms with Crippen molar-refractivity contribution in [3.63, 3.8) is 0 Å². The lowest BCUT2D eigenvalue weighted by atomic mass is 9.97. The van der Waals surface area contributed by atoms with Crippen LogP contribution in [0.3, 0.4) is 0 Å². The van der Waals surface area contributed by atoms with E-state index in [1.165, 1.54) is 0 Å². The van der Waals surface area contributed by atoms with E-state index in [0.29, 0.717) is 18.1 Å².